The van der Waals surface area contributed by atoms with Crippen molar-refractivity contribution in [2.24, 2.45) is 0 Å². The number of rotatable bonds is 18. The molecule has 0 aromatic rings. The van der Waals surface area contributed by atoms with Crippen LogP contribution >= 0.6 is 0 Å². The monoisotopic (exact) mass is 509 g/mol. The van der Waals surface area contributed by atoms with Crippen molar-refractivity contribution in [2.45, 2.75) is 89.9 Å². The van der Waals surface area contributed by atoms with E-state index in [0.29, 0.717) is 12.8 Å². The fraction of sp³-hybridized carbons (Fsp3) is 1.00. The van der Waals surface area contributed by atoms with Crippen LogP contribution in [0.4, 0.5) is 0 Å². The van der Waals surface area contributed by atoms with Crippen LogP contribution in [-0.4, -0.2) is 60.9 Å². The molecule has 0 fully saturated rings. The fourth-order valence-electron chi connectivity index (χ4n) is 2.55. The molecule has 0 aliphatic rings. The number of hydrogen-bond acceptors (Lipinski definition) is 8. The van der Waals surface area contributed by atoms with E-state index in [9.17, 15) is 25.9 Å². The maximum atomic E-state index is 10.2. The predicted octanol–water partition coefficient (Wildman–Crippen LogP) is 2.51. The van der Waals surface area contributed by atoms with E-state index in [1.165, 1.54) is 0 Å². The normalized spacial score (nSPS) is 11.4. The molecule has 0 unspecified atom stereocenters. The summed E-state index contributed by atoms with van der Waals surface area (Å²) in [6.45, 7) is 0.489. The summed E-state index contributed by atoms with van der Waals surface area (Å²) in [5.74, 6) is -0.465. The van der Waals surface area contributed by atoms with Crippen LogP contribution in [-0.2, 0) is 37.3 Å². The van der Waals surface area contributed by atoms with Crippen LogP contribution in [0.3, 0.4) is 0 Å². The molecule has 181 valence electrons. The van der Waals surface area contributed by atoms with Crippen LogP contribution in [0.2, 0.25) is 0 Å². The fourth-order valence-corrected chi connectivity index (χ4v) is 3.66. The summed E-state index contributed by atoms with van der Waals surface area (Å²) in [5, 5.41) is 17.0. The van der Waals surface area contributed by atoms with Gasteiger partial charge in [-0.3, -0.25) is 0 Å². The van der Waals surface area contributed by atoms with Crippen molar-refractivity contribution in [3.63, 3.8) is 0 Å². The van der Waals surface area contributed by atoms with Crippen molar-refractivity contribution in [1.82, 2.24) is 0 Å². The van der Waals surface area contributed by atoms with Crippen LogP contribution in [0.5, 0.6) is 0 Å². The Morgan fingerprint density at radius 3 is 0.862 bits per heavy atom. The molecule has 0 saturated heterocycles. The SMILES string of the molecule is O=S(=O)([O-])CCCCCCCCCO.O=S(=O)([O-])CCCCCCCCCO.[Cu+2]. The average molecular weight is 510 g/mol. The van der Waals surface area contributed by atoms with Gasteiger partial charge in [-0.05, 0) is 25.7 Å². The smallest absolute Gasteiger partial charge is 0.748 e. The summed E-state index contributed by atoms with van der Waals surface area (Å²) in [6, 6.07) is 0. The van der Waals surface area contributed by atoms with Crippen LogP contribution in [0.25, 0.3) is 0 Å². The first-order chi connectivity index (χ1) is 13.1. The molecule has 2 N–H and O–H groups in total. The van der Waals surface area contributed by atoms with Crippen LogP contribution in [0, 0.1) is 0 Å². The van der Waals surface area contributed by atoms with Gasteiger partial charge in [-0.1, -0.05) is 64.2 Å². The molecule has 0 heterocycles. The molecule has 8 nitrogen and oxygen atoms in total. The molecule has 0 spiro atoms. The second-order valence-corrected chi connectivity index (χ2v) is 9.97. The van der Waals surface area contributed by atoms with Crippen LogP contribution in [0.1, 0.15) is 89.9 Å². The largest absolute Gasteiger partial charge is 2.00 e. The molecule has 0 atom stereocenters. The van der Waals surface area contributed by atoms with Crippen molar-refractivity contribution in [1.29, 1.82) is 0 Å². The zero-order valence-electron chi connectivity index (χ0n) is 17.2. The van der Waals surface area contributed by atoms with Gasteiger partial charge in [-0.15, -0.1) is 0 Å². The zero-order chi connectivity index (χ0) is 21.7. The van der Waals surface area contributed by atoms with E-state index in [-0.39, 0.29) is 41.8 Å². The third-order valence-corrected chi connectivity index (χ3v) is 5.68. The van der Waals surface area contributed by atoms with Crippen LogP contribution < -0.4 is 0 Å². The minimum Gasteiger partial charge on any atom is -0.748 e. The summed E-state index contributed by atoms with van der Waals surface area (Å²) >= 11 is 0. The first-order valence-electron chi connectivity index (χ1n) is 10.2. The molecular formula is C18H38CuO8S2. The van der Waals surface area contributed by atoms with E-state index in [1.807, 2.05) is 0 Å². The van der Waals surface area contributed by atoms with Gasteiger partial charge in [0.25, 0.3) is 0 Å². The van der Waals surface area contributed by atoms with Crippen molar-refractivity contribution in [3.8, 4) is 0 Å². The van der Waals surface area contributed by atoms with E-state index < -0.39 is 20.2 Å². The van der Waals surface area contributed by atoms with E-state index >= 15 is 0 Å². The van der Waals surface area contributed by atoms with Crippen LogP contribution in [0.15, 0.2) is 0 Å². The third-order valence-electron chi connectivity index (χ3n) is 4.10. The number of aliphatic hydroxyl groups is 2. The van der Waals surface area contributed by atoms with Gasteiger partial charge in [0.15, 0.2) is 0 Å². The average Bonchev–Trinajstić information content (AvgIpc) is 2.58. The van der Waals surface area contributed by atoms with Gasteiger partial charge in [-0.25, -0.2) is 16.8 Å². The van der Waals surface area contributed by atoms with Crippen molar-refractivity contribution in [2.75, 3.05) is 24.7 Å². The standard InChI is InChI=1S/2C9H20O4S.Cu/c2*10-8-6-4-2-1-3-5-7-9-14(11,12)13;/h2*10H,1-9H2,(H,11,12,13);/q;;+2/p-2. The summed E-state index contributed by atoms with van der Waals surface area (Å²) in [4.78, 5) is 0. The molecule has 0 saturated carbocycles. The van der Waals surface area contributed by atoms with Gasteiger partial charge in [-0.2, -0.15) is 0 Å². The summed E-state index contributed by atoms with van der Waals surface area (Å²) < 4.78 is 61.3. The Balaban J connectivity index is -0.000000451. The molecular weight excluding hydrogens is 472 g/mol. The summed E-state index contributed by atoms with van der Waals surface area (Å²) in [6.07, 6.45) is 12.5. The van der Waals surface area contributed by atoms with E-state index in [2.05, 4.69) is 0 Å². The zero-order valence-corrected chi connectivity index (χ0v) is 19.8. The van der Waals surface area contributed by atoms with Gasteiger partial charge < -0.3 is 19.3 Å². The predicted molar refractivity (Wildman–Crippen MR) is 108 cm³/mol. The Hall–Kier alpha value is 0.259. The van der Waals surface area contributed by atoms with Gasteiger partial charge in [0, 0.05) is 24.7 Å². The molecule has 0 aromatic heterocycles. The summed E-state index contributed by atoms with van der Waals surface area (Å²) in [5.41, 5.74) is 0. The van der Waals surface area contributed by atoms with Crippen molar-refractivity contribution < 1.29 is 53.2 Å². The Kier molecular flexibility index (Phi) is 26.8. The van der Waals surface area contributed by atoms with Gasteiger partial charge in [0.05, 0.1) is 20.2 Å². The van der Waals surface area contributed by atoms with E-state index in [1.54, 1.807) is 0 Å². The second kappa shape index (κ2) is 22.9. The van der Waals surface area contributed by atoms with Crippen molar-refractivity contribution >= 4 is 20.2 Å². The maximum Gasteiger partial charge on any atom is 2.00 e. The Bertz CT molecular complexity index is 476. The number of hydrogen-bond donors (Lipinski definition) is 2. The quantitative estimate of drug-likeness (QED) is 0.162. The van der Waals surface area contributed by atoms with Gasteiger partial charge in [0.1, 0.15) is 0 Å². The van der Waals surface area contributed by atoms with E-state index in [4.69, 9.17) is 10.2 Å². The molecule has 0 amide bonds. The first-order valence-corrected chi connectivity index (χ1v) is 13.4. The summed E-state index contributed by atoms with van der Waals surface area (Å²) in [7, 11) is -8.02. The molecule has 0 bridgehead atoms. The molecule has 29 heavy (non-hydrogen) atoms. The second-order valence-electron chi connectivity index (χ2n) is 6.92. The van der Waals surface area contributed by atoms with Gasteiger partial charge in [0.2, 0.25) is 0 Å². The Morgan fingerprint density at radius 2 is 0.655 bits per heavy atom. The number of unbranched alkanes of at least 4 members (excludes halogenated alkanes) is 12. The minimum atomic E-state index is -4.01. The molecule has 0 aliphatic carbocycles. The topological polar surface area (TPSA) is 155 Å². The Labute approximate surface area is 187 Å². The number of aliphatic hydroxyl groups excluding tert-OH is 2. The molecule has 0 aliphatic heterocycles. The molecule has 0 rings (SSSR count). The van der Waals surface area contributed by atoms with Crippen molar-refractivity contribution in [3.05, 3.63) is 0 Å². The van der Waals surface area contributed by atoms with E-state index in [0.717, 1.165) is 77.0 Å². The third kappa shape index (κ3) is 39.3. The van der Waals surface area contributed by atoms with Gasteiger partial charge >= 0.3 is 17.1 Å². The Morgan fingerprint density at radius 1 is 0.448 bits per heavy atom. The molecule has 1 radical (unpaired) electrons. The minimum absolute atomic E-state index is 0. The first kappa shape index (κ1) is 33.9. The maximum absolute atomic E-state index is 10.2. The molecule has 0 aromatic carbocycles. The molecule has 11 heteroatoms.